The Bertz CT molecular complexity index is 185. The van der Waals surface area contributed by atoms with E-state index in [-0.39, 0.29) is 6.61 Å². The predicted octanol–water partition coefficient (Wildman–Crippen LogP) is -0.196. The third-order valence-corrected chi connectivity index (χ3v) is 3.15. The van der Waals surface area contributed by atoms with Crippen molar-refractivity contribution in [3.05, 3.63) is 0 Å². The monoisotopic (exact) mass is 216 g/mol. The van der Waals surface area contributed by atoms with Crippen LogP contribution in [0.25, 0.3) is 0 Å². The van der Waals surface area contributed by atoms with Gasteiger partial charge in [0, 0.05) is 19.1 Å². The van der Waals surface area contributed by atoms with Crippen molar-refractivity contribution < 1.29 is 10.2 Å². The first-order valence-electron chi connectivity index (χ1n) is 5.79. The van der Waals surface area contributed by atoms with Crippen LogP contribution in [0.4, 0.5) is 0 Å². The Kier molecular flexibility index (Phi) is 4.99. The average Bonchev–Trinajstić information content (AvgIpc) is 2.21. The van der Waals surface area contributed by atoms with Crippen molar-refractivity contribution in [1.29, 1.82) is 0 Å². The van der Waals surface area contributed by atoms with Gasteiger partial charge in [-0.05, 0) is 33.4 Å². The van der Waals surface area contributed by atoms with Crippen LogP contribution >= 0.6 is 0 Å². The third-order valence-electron chi connectivity index (χ3n) is 3.15. The normalized spacial score (nSPS) is 27.6. The second-order valence-corrected chi connectivity index (χ2v) is 4.92. The van der Waals surface area contributed by atoms with Gasteiger partial charge in [0.05, 0.1) is 12.2 Å². The second kappa shape index (κ2) is 5.80. The molecule has 3 N–H and O–H groups in total. The molecule has 2 atom stereocenters. The summed E-state index contributed by atoms with van der Waals surface area (Å²) in [5, 5.41) is 21.7. The van der Waals surface area contributed by atoms with Crippen molar-refractivity contribution in [2.45, 2.75) is 37.8 Å². The molecule has 1 rings (SSSR count). The van der Waals surface area contributed by atoms with E-state index in [4.69, 9.17) is 5.11 Å². The lowest BCUT2D eigenvalue weighted by Gasteiger charge is -2.33. The third kappa shape index (κ3) is 4.47. The van der Waals surface area contributed by atoms with Gasteiger partial charge in [-0.1, -0.05) is 6.42 Å². The Labute approximate surface area is 92.3 Å². The Morgan fingerprint density at radius 3 is 2.80 bits per heavy atom. The van der Waals surface area contributed by atoms with Crippen molar-refractivity contribution in [3.63, 3.8) is 0 Å². The SMILES string of the molecule is CN1CCCCC1CNCC(C)(O)CO. The lowest BCUT2D eigenvalue weighted by molar-refractivity contribution is 0.00136. The Hall–Kier alpha value is -0.160. The second-order valence-electron chi connectivity index (χ2n) is 4.92. The van der Waals surface area contributed by atoms with E-state index in [9.17, 15) is 5.11 Å². The maximum atomic E-state index is 9.59. The maximum absolute atomic E-state index is 9.59. The number of hydrogen-bond donors (Lipinski definition) is 3. The summed E-state index contributed by atoms with van der Waals surface area (Å²) < 4.78 is 0. The van der Waals surface area contributed by atoms with Crippen LogP contribution in [0.15, 0.2) is 0 Å². The van der Waals surface area contributed by atoms with Gasteiger partial charge < -0.3 is 20.4 Å². The summed E-state index contributed by atoms with van der Waals surface area (Å²) in [4.78, 5) is 2.37. The summed E-state index contributed by atoms with van der Waals surface area (Å²) in [6.45, 7) is 3.97. The Morgan fingerprint density at radius 1 is 1.47 bits per heavy atom. The molecule has 4 nitrogen and oxygen atoms in total. The van der Waals surface area contributed by atoms with Crippen LogP contribution in [0.5, 0.6) is 0 Å². The molecule has 0 amide bonds. The van der Waals surface area contributed by atoms with E-state index in [1.54, 1.807) is 6.92 Å². The molecule has 1 aliphatic rings. The Morgan fingerprint density at radius 2 is 2.20 bits per heavy atom. The van der Waals surface area contributed by atoms with Crippen LogP contribution in [0.1, 0.15) is 26.2 Å². The summed E-state index contributed by atoms with van der Waals surface area (Å²) in [7, 11) is 2.15. The zero-order valence-electron chi connectivity index (χ0n) is 9.87. The minimum Gasteiger partial charge on any atom is -0.393 e. The van der Waals surface area contributed by atoms with Crippen LogP contribution < -0.4 is 5.32 Å². The number of aliphatic hydroxyl groups excluding tert-OH is 1. The van der Waals surface area contributed by atoms with Crippen LogP contribution in [0.3, 0.4) is 0 Å². The van der Waals surface area contributed by atoms with E-state index < -0.39 is 5.60 Å². The smallest absolute Gasteiger partial charge is 0.0972 e. The summed E-state index contributed by atoms with van der Waals surface area (Å²) in [6.07, 6.45) is 3.82. The first kappa shape index (κ1) is 12.9. The highest BCUT2D eigenvalue weighted by atomic mass is 16.3. The molecule has 1 fully saturated rings. The molecule has 1 aliphatic heterocycles. The largest absolute Gasteiger partial charge is 0.393 e. The predicted molar refractivity (Wildman–Crippen MR) is 60.8 cm³/mol. The van der Waals surface area contributed by atoms with E-state index >= 15 is 0 Å². The topological polar surface area (TPSA) is 55.7 Å². The number of likely N-dealkylation sites (tertiary alicyclic amines) is 1. The molecule has 1 saturated heterocycles. The molecule has 0 saturated carbocycles. The van der Waals surface area contributed by atoms with Crippen molar-refractivity contribution in [3.8, 4) is 0 Å². The molecule has 0 aromatic heterocycles. The summed E-state index contributed by atoms with van der Waals surface area (Å²) in [5.41, 5.74) is -0.993. The molecule has 0 radical (unpaired) electrons. The maximum Gasteiger partial charge on any atom is 0.0972 e. The van der Waals surface area contributed by atoms with E-state index in [2.05, 4.69) is 17.3 Å². The van der Waals surface area contributed by atoms with Crippen molar-refractivity contribution in [2.24, 2.45) is 0 Å². The zero-order valence-corrected chi connectivity index (χ0v) is 9.87. The Balaban J connectivity index is 2.19. The van der Waals surface area contributed by atoms with E-state index in [1.807, 2.05) is 0 Å². The molecule has 0 aromatic carbocycles. The lowest BCUT2D eigenvalue weighted by atomic mass is 10.0. The zero-order chi connectivity index (χ0) is 11.3. The van der Waals surface area contributed by atoms with Crippen molar-refractivity contribution in [1.82, 2.24) is 10.2 Å². The molecule has 0 aromatic rings. The van der Waals surface area contributed by atoms with Crippen LogP contribution in [0, 0.1) is 0 Å². The van der Waals surface area contributed by atoms with Gasteiger partial charge in [0.15, 0.2) is 0 Å². The van der Waals surface area contributed by atoms with E-state index in [0.29, 0.717) is 12.6 Å². The summed E-state index contributed by atoms with van der Waals surface area (Å²) in [6, 6.07) is 0.577. The average molecular weight is 216 g/mol. The fraction of sp³-hybridized carbons (Fsp3) is 1.00. The fourth-order valence-electron chi connectivity index (χ4n) is 1.97. The highest BCUT2D eigenvalue weighted by Crippen LogP contribution is 2.14. The molecule has 15 heavy (non-hydrogen) atoms. The number of aliphatic hydroxyl groups is 2. The van der Waals surface area contributed by atoms with Crippen LogP contribution in [-0.2, 0) is 0 Å². The molecule has 4 heteroatoms. The van der Waals surface area contributed by atoms with Gasteiger partial charge in [-0.3, -0.25) is 0 Å². The molecule has 1 heterocycles. The molecule has 90 valence electrons. The van der Waals surface area contributed by atoms with Gasteiger partial charge in [0.1, 0.15) is 0 Å². The van der Waals surface area contributed by atoms with E-state index in [1.165, 1.54) is 25.8 Å². The number of nitrogens with zero attached hydrogens (tertiary/aromatic N) is 1. The van der Waals surface area contributed by atoms with Crippen molar-refractivity contribution in [2.75, 3.05) is 33.3 Å². The van der Waals surface area contributed by atoms with Crippen molar-refractivity contribution >= 4 is 0 Å². The molecule has 2 unspecified atom stereocenters. The first-order valence-corrected chi connectivity index (χ1v) is 5.79. The summed E-state index contributed by atoms with van der Waals surface area (Å²) >= 11 is 0. The minimum atomic E-state index is -0.993. The quantitative estimate of drug-likeness (QED) is 0.596. The standard InChI is InChI=1S/C11H24N2O2/c1-11(15,9-14)8-12-7-10-5-3-4-6-13(10)2/h10,12,14-15H,3-9H2,1-2H3. The first-order chi connectivity index (χ1) is 7.05. The molecular weight excluding hydrogens is 192 g/mol. The van der Waals surface area contributed by atoms with Gasteiger partial charge in [-0.2, -0.15) is 0 Å². The lowest BCUT2D eigenvalue weighted by Crippen LogP contribution is -2.47. The fourth-order valence-corrected chi connectivity index (χ4v) is 1.97. The number of likely N-dealkylation sites (N-methyl/N-ethyl adjacent to an activating group) is 1. The van der Waals surface area contributed by atoms with Gasteiger partial charge in [0.2, 0.25) is 0 Å². The molecule has 0 spiro atoms. The number of nitrogens with one attached hydrogen (secondary N) is 1. The highest BCUT2D eigenvalue weighted by Gasteiger charge is 2.21. The number of rotatable bonds is 5. The minimum absolute atomic E-state index is 0.194. The number of hydrogen-bond acceptors (Lipinski definition) is 4. The molecular formula is C11H24N2O2. The highest BCUT2D eigenvalue weighted by molar-refractivity contribution is 4.79. The molecule has 0 bridgehead atoms. The number of piperidine rings is 1. The van der Waals surface area contributed by atoms with Crippen LogP contribution in [-0.4, -0.2) is 60.0 Å². The van der Waals surface area contributed by atoms with Gasteiger partial charge in [-0.15, -0.1) is 0 Å². The van der Waals surface area contributed by atoms with E-state index in [0.717, 1.165) is 6.54 Å². The van der Waals surface area contributed by atoms with Gasteiger partial charge >= 0.3 is 0 Å². The van der Waals surface area contributed by atoms with Crippen LogP contribution in [0.2, 0.25) is 0 Å². The summed E-state index contributed by atoms with van der Waals surface area (Å²) in [5.74, 6) is 0. The van der Waals surface area contributed by atoms with Gasteiger partial charge in [0.25, 0.3) is 0 Å². The molecule has 0 aliphatic carbocycles. The van der Waals surface area contributed by atoms with Gasteiger partial charge in [-0.25, -0.2) is 0 Å².